The summed E-state index contributed by atoms with van der Waals surface area (Å²) in [6.07, 6.45) is 2.28. The lowest BCUT2D eigenvalue weighted by atomic mass is 10.1. The maximum atomic E-state index is 11.8. The molecule has 2 aromatic rings. The molecule has 0 radical (unpaired) electrons. The molecule has 0 saturated heterocycles. The smallest absolute Gasteiger partial charge is 0.227 e. The van der Waals surface area contributed by atoms with Gasteiger partial charge in [-0.25, -0.2) is 0 Å². The number of aromatic nitrogens is 2. The third-order valence-corrected chi connectivity index (χ3v) is 4.83. The first-order valence-corrected chi connectivity index (χ1v) is 9.15. The van der Waals surface area contributed by atoms with E-state index in [1.807, 2.05) is 30.3 Å². The number of carbonyl (C=O) groups excluding carboxylic acids is 2. The second-order valence-electron chi connectivity index (χ2n) is 4.78. The number of amides is 2. The van der Waals surface area contributed by atoms with Crippen molar-refractivity contribution >= 4 is 40.0 Å². The Kier molecular flexibility index (Phi) is 7.44. The van der Waals surface area contributed by atoms with Crippen LogP contribution in [0.2, 0.25) is 0 Å². The quantitative estimate of drug-likeness (QED) is 0.407. The van der Waals surface area contributed by atoms with E-state index in [4.69, 9.17) is 0 Å². The lowest BCUT2D eigenvalue weighted by Gasteiger charge is -2.05. The molecule has 0 unspecified atom stereocenters. The summed E-state index contributed by atoms with van der Waals surface area (Å²) >= 11 is 2.83. The molecule has 126 valence electrons. The molecular weight excluding hydrogens is 344 g/mol. The van der Waals surface area contributed by atoms with E-state index < -0.39 is 0 Å². The van der Waals surface area contributed by atoms with Crippen molar-refractivity contribution < 1.29 is 9.59 Å². The van der Waals surface area contributed by atoms with E-state index in [1.165, 1.54) is 23.1 Å². The van der Waals surface area contributed by atoms with Gasteiger partial charge in [0.15, 0.2) is 4.34 Å². The minimum Gasteiger partial charge on any atom is -0.355 e. The van der Waals surface area contributed by atoms with Crippen LogP contribution in [-0.2, 0) is 16.0 Å². The molecule has 2 N–H and O–H groups in total. The fraction of sp³-hybridized carbons (Fsp3) is 0.250. The molecule has 1 aromatic carbocycles. The standard InChI is InChI=1S/C16H18N4O2S2/c1-2-10-23-16-20-19-15(24-16)18-13(21)8-9-17-14(22)11-12-6-4-3-5-7-12/h2-7H,1,8-11H2,(H,17,22)(H,18,19,21). The summed E-state index contributed by atoms with van der Waals surface area (Å²) in [6.45, 7) is 3.92. The Morgan fingerprint density at radius 1 is 1.21 bits per heavy atom. The van der Waals surface area contributed by atoms with E-state index in [2.05, 4.69) is 27.4 Å². The van der Waals surface area contributed by atoms with Gasteiger partial charge in [0.25, 0.3) is 0 Å². The molecule has 8 heteroatoms. The minimum atomic E-state index is -0.202. The number of anilines is 1. The topological polar surface area (TPSA) is 84.0 Å². The third-order valence-electron chi connectivity index (χ3n) is 2.86. The molecule has 2 amide bonds. The predicted octanol–water partition coefficient (Wildman–Crippen LogP) is 2.50. The first-order valence-electron chi connectivity index (χ1n) is 7.35. The van der Waals surface area contributed by atoms with E-state index in [0.717, 1.165) is 15.7 Å². The molecule has 0 saturated carbocycles. The Morgan fingerprint density at radius 2 is 2.00 bits per heavy atom. The zero-order chi connectivity index (χ0) is 17.2. The number of nitrogens with zero attached hydrogens (tertiary/aromatic N) is 2. The van der Waals surface area contributed by atoms with Crippen molar-refractivity contribution in [3.63, 3.8) is 0 Å². The summed E-state index contributed by atoms with van der Waals surface area (Å²) in [5, 5.41) is 13.7. The number of carbonyl (C=O) groups is 2. The van der Waals surface area contributed by atoms with Gasteiger partial charge in [-0.05, 0) is 5.56 Å². The minimum absolute atomic E-state index is 0.104. The lowest BCUT2D eigenvalue weighted by Crippen LogP contribution is -2.28. The molecule has 0 bridgehead atoms. The van der Waals surface area contributed by atoms with Crippen LogP contribution < -0.4 is 10.6 Å². The Morgan fingerprint density at radius 3 is 2.75 bits per heavy atom. The predicted molar refractivity (Wildman–Crippen MR) is 97.2 cm³/mol. The average Bonchev–Trinajstić information content (AvgIpc) is 3.01. The highest BCUT2D eigenvalue weighted by atomic mass is 32.2. The van der Waals surface area contributed by atoms with Gasteiger partial charge in [-0.15, -0.1) is 16.8 Å². The van der Waals surface area contributed by atoms with Crippen LogP contribution in [0.15, 0.2) is 47.3 Å². The van der Waals surface area contributed by atoms with Gasteiger partial charge in [-0.2, -0.15) is 0 Å². The summed E-state index contributed by atoms with van der Waals surface area (Å²) in [6, 6.07) is 9.47. The Balaban J connectivity index is 1.66. The van der Waals surface area contributed by atoms with Crippen LogP contribution in [0.4, 0.5) is 5.13 Å². The van der Waals surface area contributed by atoms with Gasteiger partial charge in [-0.3, -0.25) is 9.59 Å². The molecule has 0 aliphatic carbocycles. The van der Waals surface area contributed by atoms with Crippen LogP contribution in [0.5, 0.6) is 0 Å². The average molecular weight is 362 g/mol. The van der Waals surface area contributed by atoms with Gasteiger partial charge < -0.3 is 10.6 Å². The molecule has 0 spiro atoms. The third kappa shape index (κ3) is 6.51. The van der Waals surface area contributed by atoms with Gasteiger partial charge in [0.1, 0.15) is 0 Å². The molecule has 0 fully saturated rings. The van der Waals surface area contributed by atoms with Gasteiger partial charge in [0, 0.05) is 18.7 Å². The van der Waals surface area contributed by atoms with Crippen molar-refractivity contribution in [2.24, 2.45) is 0 Å². The van der Waals surface area contributed by atoms with Crippen molar-refractivity contribution in [3.8, 4) is 0 Å². The van der Waals surface area contributed by atoms with Gasteiger partial charge in [0.2, 0.25) is 16.9 Å². The summed E-state index contributed by atoms with van der Waals surface area (Å²) in [4.78, 5) is 23.6. The zero-order valence-electron chi connectivity index (χ0n) is 13.0. The van der Waals surface area contributed by atoms with Gasteiger partial charge in [-0.1, -0.05) is 59.5 Å². The summed E-state index contributed by atoms with van der Waals surface area (Å²) < 4.78 is 0.779. The van der Waals surface area contributed by atoms with Crippen LogP contribution in [0.3, 0.4) is 0 Å². The maximum Gasteiger partial charge on any atom is 0.227 e. The highest BCUT2D eigenvalue weighted by Gasteiger charge is 2.09. The number of hydrogen-bond acceptors (Lipinski definition) is 6. The van der Waals surface area contributed by atoms with Crippen molar-refractivity contribution in [1.29, 1.82) is 0 Å². The Hall–Kier alpha value is -2.19. The van der Waals surface area contributed by atoms with E-state index in [1.54, 1.807) is 6.08 Å². The Labute approximate surface area is 148 Å². The molecule has 2 rings (SSSR count). The number of hydrogen-bond donors (Lipinski definition) is 2. The normalized spacial score (nSPS) is 10.2. The van der Waals surface area contributed by atoms with Crippen molar-refractivity contribution in [2.75, 3.05) is 17.6 Å². The number of rotatable bonds is 9. The zero-order valence-corrected chi connectivity index (χ0v) is 14.7. The first kappa shape index (κ1) is 18.2. The molecule has 24 heavy (non-hydrogen) atoms. The van der Waals surface area contributed by atoms with Crippen LogP contribution in [0, 0.1) is 0 Å². The number of benzene rings is 1. The maximum absolute atomic E-state index is 11.8. The molecule has 0 aliphatic heterocycles. The van der Waals surface area contributed by atoms with Crippen molar-refractivity contribution in [3.05, 3.63) is 48.6 Å². The van der Waals surface area contributed by atoms with E-state index in [0.29, 0.717) is 11.6 Å². The molecule has 0 aliphatic rings. The molecule has 0 atom stereocenters. The highest BCUT2D eigenvalue weighted by Crippen LogP contribution is 2.25. The van der Waals surface area contributed by atoms with Crippen LogP contribution in [-0.4, -0.2) is 34.3 Å². The monoisotopic (exact) mass is 362 g/mol. The largest absolute Gasteiger partial charge is 0.355 e. The fourth-order valence-corrected chi connectivity index (χ4v) is 3.32. The lowest BCUT2D eigenvalue weighted by molar-refractivity contribution is -0.120. The summed E-state index contributed by atoms with van der Waals surface area (Å²) in [7, 11) is 0. The number of nitrogens with one attached hydrogen (secondary N) is 2. The molecular formula is C16H18N4O2S2. The molecule has 1 aromatic heterocycles. The molecule has 6 nitrogen and oxygen atoms in total. The SMILES string of the molecule is C=CCSc1nnc(NC(=O)CCNC(=O)Cc2ccccc2)s1. The van der Waals surface area contributed by atoms with Crippen LogP contribution in [0.1, 0.15) is 12.0 Å². The van der Waals surface area contributed by atoms with Crippen LogP contribution >= 0.6 is 23.1 Å². The highest BCUT2D eigenvalue weighted by molar-refractivity contribution is 8.01. The second-order valence-corrected chi connectivity index (χ2v) is 7.03. The van der Waals surface area contributed by atoms with Crippen molar-refractivity contribution in [1.82, 2.24) is 15.5 Å². The fourth-order valence-electron chi connectivity index (χ4n) is 1.79. The summed E-state index contributed by atoms with van der Waals surface area (Å²) in [5.74, 6) is 0.440. The molecule has 1 heterocycles. The first-order chi connectivity index (χ1) is 11.7. The van der Waals surface area contributed by atoms with Gasteiger partial charge >= 0.3 is 0 Å². The Bertz CT molecular complexity index is 688. The van der Waals surface area contributed by atoms with E-state index >= 15 is 0 Å². The van der Waals surface area contributed by atoms with Gasteiger partial charge in [0.05, 0.1) is 6.42 Å². The van der Waals surface area contributed by atoms with Crippen molar-refractivity contribution in [2.45, 2.75) is 17.2 Å². The summed E-state index contributed by atoms with van der Waals surface area (Å²) in [5.41, 5.74) is 0.942. The number of thioether (sulfide) groups is 1. The second kappa shape index (κ2) is 9.84. The van der Waals surface area contributed by atoms with Crippen LogP contribution in [0.25, 0.3) is 0 Å². The van der Waals surface area contributed by atoms with E-state index in [-0.39, 0.29) is 24.8 Å². The van der Waals surface area contributed by atoms with E-state index in [9.17, 15) is 9.59 Å².